The molecule has 0 aromatic carbocycles. The van der Waals surface area contributed by atoms with Crippen molar-refractivity contribution in [3.63, 3.8) is 0 Å². The van der Waals surface area contributed by atoms with Crippen LogP contribution in [-0.2, 0) is 19.1 Å². The minimum atomic E-state index is -0.752. The number of hydrogen-bond acceptors (Lipinski definition) is 7. The van der Waals surface area contributed by atoms with E-state index in [4.69, 9.17) is 4.74 Å². The molecule has 0 spiro atoms. The number of aliphatic hydroxyl groups is 1. The molecule has 2 atom stereocenters. The summed E-state index contributed by atoms with van der Waals surface area (Å²) in [5.74, 6) is -0.228. The lowest BCUT2D eigenvalue weighted by atomic mass is 9.48. The Morgan fingerprint density at radius 2 is 1.93 bits per heavy atom. The van der Waals surface area contributed by atoms with Gasteiger partial charge in [-0.1, -0.05) is 11.8 Å². The van der Waals surface area contributed by atoms with Crippen molar-refractivity contribution >= 4 is 34.8 Å². The molecule has 9 heteroatoms. The average molecular weight is 396 g/mol. The lowest BCUT2D eigenvalue weighted by molar-refractivity contribution is -0.196. The molecule has 1 heterocycles. The molecule has 5 fully saturated rings. The van der Waals surface area contributed by atoms with Crippen molar-refractivity contribution in [1.82, 2.24) is 10.2 Å². The number of nitrogens with zero attached hydrogens (tertiary/aromatic N) is 1. The normalized spacial score (nSPS) is 37.0. The predicted molar refractivity (Wildman–Crippen MR) is 95.6 cm³/mol. The summed E-state index contributed by atoms with van der Waals surface area (Å²) in [7, 11) is 0. The molecule has 8 nitrogen and oxygen atoms in total. The van der Waals surface area contributed by atoms with Crippen molar-refractivity contribution in [3.05, 3.63) is 0 Å². The summed E-state index contributed by atoms with van der Waals surface area (Å²) in [6.45, 7) is -0.140. The van der Waals surface area contributed by atoms with Gasteiger partial charge in [0.1, 0.15) is 0 Å². The Morgan fingerprint density at radius 1 is 1.22 bits per heavy atom. The number of hydrogen-bond donors (Lipinski definition) is 2. The highest BCUT2D eigenvalue weighted by molar-refractivity contribution is 8.14. The van der Waals surface area contributed by atoms with Gasteiger partial charge in [-0.2, -0.15) is 0 Å². The lowest BCUT2D eigenvalue weighted by Crippen LogP contribution is -2.58. The number of esters is 1. The summed E-state index contributed by atoms with van der Waals surface area (Å²) in [4.78, 5) is 48.7. The zero-order chi connectivity index (χ0) is 19.2. The van der Waals surface area contributed by atoms with Gasteiger partial charge in [-0.25, -0.2) is 0 Å². The molecule has 0 aromatic rings. The number of carbonyl (C=O) groups is 4. The molecule has 5 aliphatic rings. The molecule has 4 saturated carbocycles. The summed E-state index contributed by atoms with van der Waals surface area (Å²) >= 11 is 0.948. The van der Waals surface area contributed by atoms with E-state index >= 15 is 0 Å². The van der Waals surface area contributed by atoms with Crippen LogP contribution in [0.3, 0.4) is 0 Å². The summed E-state index contributed by atoms with van der Waals surface area (Å²) in [5.41, 5.74) is -1.40. The van der Waals surface area contributed by atoms with Gasteiger partial charge in [0, 0.05) is 13.1 Å². The second kappa shape index (κ2) is 6.77. The number of amides is 3. The summed E-state index contributed by atoms with van der Waals surface area (Å²) in [5, 5.41) is 13.0. The van der Waals surface area contributed by atoms with E-state index < -0.39 is 16.9 Å². The number of ether oxygens (including phenoxy) is 1. The van der Waals surface area contributed by atoms with Crippen molar-refractivity contribution in [3.8, 4) is 0 Å². The standard InChI is InChI=1S/C18H24N2O6S/c21-13(19-1-2-20-14(22)9-27-16(20)24)8-26-15(23)17-4-11-3-12(5-17)7-18(25,6-11)10-17/h11-12,25H,1-10H2,(H,19,21)/t11-,12-,17?,18?/m1/s1. The van der Waals surface area contributed by atoms with E-state index in [-0.39, 0.29) is 42.6 Å². The van der Waals surface area contributed by atoms with E-state index in [9.17, 15) is 24.3 Å². The average Bonchev–Trinajstić information content (AvgIpc) is 2.89. The van der Waals surface area contributed by atoms with Gasteiger partial charge in [0.15, 0.2) is 6.61 Å². The Bertz CT molecular complexity index is 665. The first-order chi connectivity index (χ1) is 12.8. The molecule has 1 saturated heterocycles. The van der Waals surface area contributed by atoms with Crippen LogP contribution in [0.25, 0.3) is 0 Å². The Kier molecular flexibility index (Phi) is 4.70. The maximum atomic E-state index is 12.7. The van der Waals surface area contributed by atoms with Crippen LogP contribution < -0.4 is 5.32 Å². The van der Waals surface area contributed by atoms with Gasteiger partial charge in [-0.15, -0.1) is 0 Å². The second-order valence-corrected chi connectivity index (χ2v) is 9.42. The summed E-state index contributed by atoms with van der Waals surface area (Å²) in [6, 6.07) is 0. The van der Waals surface area contributed by atoms with Gasteiger partial charge in [-0.3, -0.25) is 24.1 Å². The van der Waals surface area contributed by atoms with Crippen LogP contribution >= 0.6 is 11.8 Å². The minimum absolute atomic E-state index is 0.116. The van der Waals surface area contributed by atoms with Gasteiger partial charge in [-0.05, 0) is 50.4 Å². The van der Waals surface area contributed by atoms with Crippen LogP contribution in [0.2, 0.25) is 0 Å². The third-order valence-electron chi connectivity index (χ3n) is 6.30. The SMILES string of the molecule is O=C(COC(=O)C12C[C@H]3C[C@@H](CC(O)(C3)C1)C2)NCCN1C(=O)CSC1=O. The van der Waals surface area contributed by atoms with E-state index in [0.717, 1.165) is 48.8 Å². The van der Waals surface area contributed by atoms with Crippen molar-refractivity contribution in [2.45, 2.75) is 44.1 Å². The molecule has 148 valence electrons. The fourth-order valence-corrected chi connectivity index (χ4v) is 6.44. The Labute approximate surface area is 161 Å². The molecule has 3 amide bonds. The van der Waals surface area contributed by atoms with Crippen molar-refractivity contribution in [1.29, 1.82) is 0 Å². The largest absolute Gasteiger partial charge is 0.455 e. The number of thioether (sulfide) groups is 1. The zero-order valence-corrected chi connectivity index (χ0v) is 15.9. The quantitative estimate of drug-likeness (QED) is 0.635. The zero-order valence-electron chi connectivity index (χ0n) is 15.1. The lowest BCUT2D eigenvalue weighted by Gasteiger charge is -2.58. The monoisotopic (exact) mass is 396 g/mol. The first-order valence-corrected chi connectivity index (χ1v) is 10.4. The van der Waals surface area contributed by atoms with Crippen molar-refractivity contribution in [2.24, 2.45) is 17.3 Å². The van der Waals surface area contributed by atoms with E-state index in [0.29, 0.717) is 18.3 Å². The van der Waals surface area contributed by atoms with Crippen LogP contribution in [0.4, 0.5) is 4.79 Å². The van der Waals surface area contributed by atoms with Crippen molar-refractivity contribution < 1.29 is 29.0 Å². The Balaban J connectivity index is 1.24. The van der Waals surface area contributed by atoms with Gasteiger partial charge < -0.3 is 15.2 Å². The van der Waals surface area contributed by atoms with Gasteiger partial charge in [0.25, 0.3) is 11.1 Å². The van der Waals surface area contributed by atoms with Crippen molar-refractivity contribution in [2.75, 3.05) is 25.4 Å². The number of nitrogens with one attached hydrogen (secondary N) is 1. The van der Waals surface area contributed by atoms with Gasteiger partial charge >= 0.3 is 5.97 Å². The molecule has 27 heavy (non-hydrogen) atoms. The van der Waals surface area contributed by atoms with Crippen LogP contribution in [0.5, 0.6) is 0 Å². The fraction of sp³-hybridized carbons (Fsp3) is 0.778. The number of carbonyl (C=O) groups excluding carboxylic acids is 4. The highest BCUT2D eigenvalue weighted by Gasteiger charge is 2.60. The van der Waals surface area contributed by atoms with Crippen LogP contribution in [0, 0.1) is 17.3 Å². The highest BCUT2D eigenvalue weighted by Crippen LogP contribution is 2.61. The minimum Gasteiger partial charge on any atom is -0.455 e. The van der Waals surface area contributed by atoms with Crippen LogP contribution in [0.1, 0.15) is 38.5 Å². The molecule has 0 aromatic heterocycles. The molecule has 0 unspecified atom stereocenters. The topological polar surface area (TPSA) is 113 Å². The van der Waals surface area contributed by atoms with E-state index in [1.165, 1.54) is 0 Å². The number of imide groups is 1. The first-order valence-electron chi connectivity index (χ1n) is 9.42. The Morgan fingerprint density at radius 3 is 2.52 bits per heavy atom. The van der Waals surface area contributed by atoms with E-state index in [1.54, 1.807) is 0 Å². The molecular weight excluding hydrogens is 372 g/mol. The van der Waals surface area contributed by atoms with Crippen LogP contribution in [-0.4, -0.2) is 64.1 Å². The molecular formula is C18H24N2O6S. The van der Waals surface area contributed by atoms with E-state index in [1.807, 2.05) is 0 Å². The molecule has 4 aliphatic carbocycles. The summed E-state index contributed by atoms with van der Waals surface area (Å²) in [6.07, 6.45) is 4.52. The first kappa shape index (κ1) is 18.7. The highest BCUT2D eigenvalue weighted by atomic mass is 32.2. The second-order valence-electron chi connectivity index (χ2n) is 8.49. The maximum absolute atomic E-state index is 12.7. The third kappa shape index (κ3) is 3.59. The van der Waals surface area contributed by atoms with Crippen LogP contribution in [0.15, 0.2) is 0 Å². The molecule has 1 aliphatic heterocycles. The van der Waals surface area contributed by atoms with Gasteiger partial charge in [0.2, 0.25) is 5.91 Å². The predicted octanol–water partition coefficient (Wildman–Crippen LogP) is 0.672. The third-order valence-corrected chi connectivity index (χ3v) is 7.15. The smallest absolute Gasteiger partial charge is 0.312 e. The van der Waals surface area contributed by atoms with Gasteiger partial charge in [0.05, 0.1) is 16.8 Å². The molecule has 0 radical (unpaired) electrons. The Hall–Kier alpha value is -1.61. The fourth-order valence-electron chi connectivity index (χ4n) is 5.69. The molecule has 4 bridgehead atoms. The molecule has 5 rings (SSSR count). The van der Waals surface area contributed by atoms with E-state index in [2.05, 4.69) is 5.32 Å². The number of rotatable bonds is 6. The maximum Gasteiger partial charge on any atom is 0.312 e. The summed E-state index contributed by atoms with van der Waals surface area (Å²) < 4.78 is 5.28. The molecule has 2 N–H and O–H groups in total.